The number of halogens is 1. The van der Waals surface area contributed by atoms with Crippen LogP contribution in [0.25, 0.3) is 0 Å². The highest BCUT2D eigenvalue weighted by atomic mass is 32.2. The first kappa shape index (κ1) is 17.9. The SMILES string of the molecule is CCCCS(=O)(=O)N1CCC(C(=O)Nc2ccccc2F)CC1. The van der Waals surface area contributed by atoms with Crippen LogP contribution in [0, 0.1) is 11.7 Å². The number of nitrogens with one attached hydrogen (secondary N) is 1. The van der Waals surface area contributed by atoms with Gasteiger partial charge in [0.1, 0.15) is 5.82 Å². The third-order valence-corrected chi connectivity index (χ3v) is 6.06. The quantitative estimate of drug-likeness (QED) is 0.864. The number of rotatable bonds is 6. The summed E-state index contributed by atoms with van der Waals surface area (Å²) in [5.74, 6) is -0.844. The van der Waals surface area contributed by atoms with E-state index in [0.717, 1.165) is 6.42 Å². The van der Waals surface area contributed by atoms with Crippen LogP contribution >= 0.6 is 0 Å². The summed E-state index contributed by atoms with van der Waals surface area (Å²) in [6.07, 6.45) is 2.41. The minimum absolute atomic E-state index is 0.162. The zero-order chi connectivity index (χ0) is 16.9. The van der Waals surface area contributed by atoms with Gasteiger partial charge in [-0.1, -0.05) is 25.5 Å². The second-order valence-electron chi connectivity index (χ2n) is 5.81. The minimum Gasteiger partial charge on any atom is -0.323 e. The molecule has 0 aliphatic carbocycles. The number of unbranched alkanes of at least 4 members (excludes halogenated alkanes) is 1. The number of carbonyl (C=O) groups is 1. The fraction of sp³-hybridized carbons (Fsp3) is 0.562. The average molecular weight is 342 g/mol. The molecule has 1 amide bonds. The minimum atomic E-state index is -3.22. The molecule has 1 aliphatic heterocycles. The highest BCUT2D eigenvalue weighted by Crippen LogP contribution is 2.22. The Hall–Kier alpha value is -1.47. The van der Waals surface area contributed by atoms with Gasteiger partial charge in [0.25, 0.3) is 0 Å². The number of amides is 1. The van der Waals surface area contributed by atoms with Crippen molar-refractivity contribution in [3.8, 4) is 0 Å². The number of hydrogen-bond donors (Lipinski definition) is 1. The van der Waals surface area contributed by atoms with Crippen molar-refractivity contribution in [2.45, 2.75) is 32.6 Å². The number of benzene rings is 1. The molecule has 0 aromatic heterocycles. The molecule has 2 rings (SSSR count). The van der Waals surface area contributed by atoms with Gasteiger partial charge < -0.3 is 5.32 Å². The number of carbonyl (C=O) groups excluding carboxylic acids is 1. The van der Waals surface area contributed by atoms with Crippen LogP contribution in [0.1, 0.15) is 32.6 Å². The second kappa shape index (κ2) is 7.88. The summed E-state index contributed by atoms with van der Waals surface area (Å²) in [4.78, 5) is 12.2. The van der Waals surface area contributed by atoms with E-state index in [2.05, 4.69) is 5.32 Å². The van der Waals surface area contributed by atoms with E-state index in [0.29, 0.717) is 32.4 Å². The Labute approximate surface area is 136 Å². The highest BCUT2D eigenvalue weighted by molar-refractivity contribution is 7.89. The Bertz CT molecular complexity index is 640. The molecule has 0 atom stereocenters. The second-order valence-corrected chi connectivity index (χ2v) is 7.90. The standard InChI is InChI=1S/C16H23FN2O3S/c1-2-3-12-23(21,22)19-10-8-13(9-11-19)16(20)18-15-7-5-4-6-14(15)17/h4-7,13H,2-3,8-12H2,1H3,(H,18,20). The maximum atomic E-state index is 13.6. The molecular formula is C16H23FN2O3S. The van der Waals surface area contributed by atoms with Crippen molar-refractivity contribution < 1.29 is 17.6 Å². The third kappa shape index (κ3) is 4.75. The van der Waals surface area contributed by atoms with Gasteiger partial charge in [0.05, 0.1) is 11.4 Å². The topological polar surface area (TPSA) is 66.5 Å². The van der Waals surface area contributed by atoms with Gasteiger partial charge in [-0.3, -0.25) is 4.79 Å². The van der Waals surface area contributed by atoms with Crippen molar-refractivity contribution in [3.63, 3.8) is 0 Å². The first-order valence-electron chi connectivity index (χ1n) is 7.97. The normalized spacial score (nSPS) is 17.1. The first-order chi connectivity index (χ1) is 10.9. The molecule has 128 valence electrons. The van der Waals surface area contributed by atoms with E-state index in [1.54, 1.807) is 12.1 Å². The highest BCUT2D eigenvalue weighted by Gasteiger charge is 2.30. The van der Waals surface area contributed by atoms with Gasteiger partial charge in [0.2, 0.25) is 15.9 Å². The number of anilines is 1. The fourth-order valence-electron chi connectivity index (χ4n) is 2.65. The molecule has 1 heterocycles. The molecule has 1 aromatic rings. The van der Waals surface area contributed by atoms with Crippen LogP contribution in [-0.4, -0.2) is 37.5 Å². The van der Waals surface area contributed by atoms with Gasteiger partial charge in [-0.15, -0.1) is 0 Å². The molecule has 0 spiro atoms. The maximum Gasteiger partial charge on any atom is 0.227 e. The Morgan fingerprint density at radius 3 is 2.57 bits per heavy atom. The molecule has 0 saturated carbocycles. The molecule has 1 saturated heterocycles. The summed E-state index contributed by atoms with van der Waals surface area (Å²) in [7, 11) is -3.22. The van der Waals surface area contributed by atoms with E-state index in [1.165, 1.54) is 16.4 Å². The Balaban J connectivity index is 1.89. The van der Waals surface area contributed by atoms with E-state index in [9.17, 15) is 17.6 Å². The van der Waals surface area contributed by atoms with E-state index < -0.39 is 15.8 Å². The van der Waals surface area contributed by atoms with Crippen LogP contribution in [0.2, 0.25) is 0 Å². The zero-order valence-corrected chi connectivity index (χ0v) is 14.1. The predicted molar refractivity (Wildman–Crippen MR) is 88.0 cm³/mol. The van der Waals surface area contributed by atoms with Crippen LogP contribution in [-0.2, 0) is 14.8 Å². The van der Waals surface area contributed by atoms with Crippen molar-refractivity contribution in [1.82, 2.24) is 4.31 Å². The molecule has 1 aliphatic rings. The predicted octanol–water partition coefficient (Wildman–Crippen LogP) is 2.61. The molecule has 0 bridgehead atoms. The molecule has 0 radical (unpaired) electrons. The smallest absolute Gasteiger partial charge is 0.227 e. The van der Waals surface area contributed by atoms with E-state index in [-0.39, 0.29) is 23.3 Å². The van der Waals surface area contributed by atoms with E-state index in [4.69, 9.17) is 0 Å². The van der Waals surface area contributed by atoms with Crippen molar-refractivity contribution in [2.24, 2.45) is 5.92 Å². The van der Waals surface area contributed by atoms with Crippen LogP contribution in [0.5, 0.6) is 0 Å². The first-order valence-corrected chi connectivity index (χ1v) is 9.58. The molecule has 1 aromatic carbocycles. The van der Waals surface area contributed by atoms with Gasteiger partial charge in [-0.2, -0.15) is 0 Å². The maximum absolute atomic E-state index is 13.6. The molecular weight excluding hydrogens is 319 g/mol. The van der Waals surface area contributed by atoms with Crippen molar-refractivity contribution in [3.05, 3.63) is 30.1 Å². The monoisotopic (exact) mass is 342 g/mol. The number of piperidine rings is 1. The molecule has 7 heteroatoms. The van der Waals surface area contributed by atoms with Crippen LogP contribution < -0.4 is 5.32 Å². The lowest BCUT2D eigenvalue weighted by atomic mass is 9.97. The molecule has 5 nitrogen and oxygen atoms in total. The lowest BCUT2D eigenvalue weighted by Crippen LogP contribution is -2.42. The van der Waals surface area contributed by atoms with Crippen LogP contribution in [0.3, 0.4) is 0 Å². The van der Waals surface area contributed by atoms with Gasteiger partial charge in [-0.25, -0.2) is 17.1 Å². The third-order valence-electron chi connectivity index (χ3n) is 4.11. The molecule has 1 fully saturated rings. The summed E-state index contributed by atoms with van der Waals surface area (Å²) in [6.45, 7) is 2.65. The number of nitrogens with zero attached hydrogens (tertiary/aromatic N) is 1. The van der Waals surface area contributed by atoms with Gasteiger partial charge in [-0.05, 0) is 31.4 Å². The summed E-state index contributed by atoms with van der Waals surface area (Å²) < 4.78 is 39.3. The van der Waals surface area contributed by atoms with Gasteiger partial charge in [0, 0.05) is 19.0 Å². The molecule has 23 heavy (non-hydrogen) atoms. The van der Waals surface area contributed by atoms with Crippen molar-refractivity contribution in [1.29, 1.82) is 0 Å². The lowest BCUT2D eigenvalue weighted by Gasteiger charge is -2.30. The Morgan fingerprint density at radius 2 is 1.96 bits per heavy atom. The number of hydrogen-bond acceptors (Lipinski definition) is 3. The number of sulfonamides is 1. The Morgan fingerprint density at radius 1 is 1.30 bits per heavy atom. The van der Waals surface area contributed by atoms with Crippen molar-refractivity contribution in [2.75, 3.05) is 24.2 Å². The average Bonchev–Trinajstić information content (AvgIpc) is 2.55. The molecule has 1 N–H and O–H groups in total. The number of para-hydroxylation sites is 1. The van der Waals surface area contributed by atoms with Crippen LogP contribution in [0.15, 0.2) is 24.3 Å². The summed E-state index contributed by atoms with van der Waals surface area (Å²) in [6, 6.07) is 6.02. The van der Waals surface area contributed by atoms with Crippen LogP contribution in [0.4, 0.5) is 10.1 Å². The largest absolute Gasteiger partial charge is 0.323 e. The van der Waals surface area contributed by atoms with Crippen molar-refractivity contribution >= 4 is 21.6 Å². The van der Waals surface area contributed by atoms with Gasteiger partial charge >= 0.3 is 0 Å². The molecule has 0 unspecified atom stereocenters. The summed E-state index contributed by atoms with van der Waals surface area (Å²) >= 11 is 0. The summed E-state index contributed by atoms with van der Waals surface area (Å²) in [5.41, 5.74) is 0.162. The Kier molecular flexibility index (Phi) is 6.12. The van der Waals surface area contributed by atoms with Gasteiger partial charge in [0.15, 0.2) is 0 Å². The van der Waals surface area contributed by atoms with E-state index >= 15 is 0 Å². The van der Waals surface area contributed by atoms with E-state index in [1.807, 2.05) is 6.92 Å². The lowest BCUT2D eigenvalue weighted by molar-refractivity contribution is -0.120. The zero-order valence-electron chi connectivity index (χ0n) is 13.3. The summed E-state index contributed by atoms with van der Waals surface area (Å²) in [5, 5.41) is 2.59. The fourth-order valence-corrected chi connectivity index (χ4v) is 4.33.